The number of ether oxygens (including phenoxy) is 1. The van der Waals surface area contributed by atoms with Crippen molar-refractivity contribution < 1.29 is 4.74 Å². The highest BCUT2D eigenvalue weighted by atomic mass is 32.1. The second-order valence-electron chi connectivity index (χ2n) is 6.59. The van der Waals surface area contributed by atoms with Crippen molar-refractivity contribution in [3.8, 4) is 5.82 Å². The first-order valence-electron chi connectivity index (χ1n) is 8.66. The second-order valence-corrected chi connectivity index (χ2v) is 7.00. The van der Waals surface area contributed by atoms with Crippen molar-refractivity contribution in [3.63, 3.8) is 0 Å². The van der Waals surface area contributed by atoms with Gasteiger partial charge in [0.1, 0.15) is 5.82 Å². The minimum atomic E-state index is 0.122. The summed E-state index contributed by atoms with van der Waals surface area (Å²) in [6.45, 7) is 11.0. The van der Waals surface area contributed by atoms with Crippen LogP contribution in [0.4, 0.5) is 0 Å². The van der Waals surface area contributed by atoms with E-state index >= 15 is 0 Å². The number of hydrogen-bond acceptors (Lipinski definition) is 4. The normalized spacial score (nSPS) is 12.7. The maximum absolute atomic E-state index is 5.23. The van der Waals surface area contributed by atoms with Crippen molar-refractivity contribution in [1.82, 2.24) is 25.1 Å². The van der Waals surface area contributed by atoms with Gasteiger partial charge in [-0.05, 0) is 52.9 Å². The molecule has 2 aromatic heterocycles. The maximum atomic E-state index is 5.23. The summed E-state index contributed by atoms with van der Waals surface area (Å²) in [6.07, 6.45) is 3.61. The monoisotopic (exact) mass is 376 g/mol. The Kier molecular flexibility index (Phi) is 6.93. The van der Waals surface area contributed by atoms with Crippen LogP contribution in [-0.2, 0) is 4.74 Å². The third kappa shape index (κ3) is 4.70. The Bertz CT molecular complexity index is 777. The van der Waals surface area contributed by atoms with Gasteiger partial charge in [-0.2, -0.15) is 10.2 Å². The number of thiocarbonyl (C=S) groups is 1. The lowest BCUT2D eigenvalue weighted by atomic mass is 10.3. The fourth-order valence-electron chi connectivity index (χ4n) is 2.86. The van der Waals surface area contributed by atoms with E-state index in [1.54, 1.807) is 13.3 Å². The Morgan fingerprint density at radius 3 is 2.77 bits per heavy atom. The van der Waals surface area contributed by atoms with E-state index in [0.29, 0.717) is 11.7 Å². The van der Waals surface area contributed by atoms with Crippen molar-refractivity contribution in [2.45, 2.75) is 46.7 Å². The zero-order valence-corrected chi connectivity index (χ0v) is 17.1. The summed E-state index contributed by atoms with van der Waals surface area (Å²) in [6, 6.07) is 4.53. The molecule has 2 heterocycles. The summed E-state index contributed by atoms with van der Waals surface area (Å²) in [5.74, 6) is 1.05. The Labute approximate surface area is 160 Å². The van der Waals surface area contributed by atoms with E-state index in [1.165, 1.54) is 0 Å². The van der Waals surface area contributed by atoms with Gasteiger partial charge < -0.3 is 14.6 Å². The van der Waals surface area contributed by atoms with Crippen LogP contribution in [0.2, 0.25) is 0 Å². The Hall–Kier alpha value is -2.19. The molecule has 0 unspecified atom stereocenters. The van der Waals surface area contributed by atoms with E-state index in [2.05, 4.69) is 59.3 Å². The van der Waals surface area contributed by atoms with Crippen molar-refractivity contribution >= 4 is 23.5 Å². The molecule has 0 aliphatic carbocycles. The van der Waals surface area contributed by atoms with Crippen LogP contribution in [0.1, 0.15) is 43.8 Å². The molecule has 26 heavy (non-hydrogen) atoms. The van der Waals surface area contributed by atoms with Crippen molar-refractivity contribution in [1.29, 1.82) is 0 Å². The zero-order valence-electron chi connectivity index (χ0n) is 16.3. The smallest absolute Gasteiger partial charge is 0.187 e. The Morgan fingerprint density at radius 2 is 2.12 bits per heavy atom. The van der Waals surface area contributed by atoms with Gasteiger partial charge in [-0.25, -0.2) is 4.68 Å². The lowest BCUT2D eigenvalue weighted by Crippen LogP contribution is -2.40. The molecule has 0 spiro atoms. The van der Waals surface area contributed by atoms with Gasteiger partial charge in [0.15, 0.2) is 5.11 Å². The number of aromatic nitrogens is 3. The van der Waals surface area contributed by atoms with Crippen molar-refractivity contribution in [3.05, 3.63) is 35.3 Å². The first-order chi connectivity index (χ1) is 12.3. The van der Waals surface area contributed by atoms with Crippen LogP contribution < -0.4 is 10.7 Å². The minimum absolute atomic E-state index is 0.122. The highest BCUT2D eigenvalue weighted by molar-refractivity contribution is 7.80. The van der Waals surface area contributed by atoms with Gasteiger partial charge in [0.05, 0.1) is 19.0 Å². The summed E-state index contributed by atoms with van der Waals surface area (Å²) in [4.78, 5) is 0. The average Bonchev–Trinajstić information content (AvgIpc) is 3.12. The molecular weight excluding hydrogens is 348 g/mol. The van der Waals surface area contributed by atoms with Gasteiger partial charge in [0.25, 0.3) is 0 Å². The van der Waals surface area contributed by atoms with Gasteiger partial charge in [-0.3, -0.25) is 5.43 Å². The summed E-state index contributed by atoms with van der Waals surface area (Å²) in [5.41, 5.74) is 6.10. The number of nitrogens with zero attached hydrogens (tertiary/aromatic N) is 4. The summed E-state index contributed by atoms with van der Waals surface area (Å²) >= 11 is 5.23. The van der Waals surface area contributed by atoms with Gasteiger partial charge in [-0.15, -0.1) is 0 Å². The third-order valence-corrected chi connectivity index (χ3v) is 4.21. The highest BCUT2D eigenvalue weighted by Crippen LogP contribution is 2.21. The largest absolute Gasteiger partial charge is 0.383 e. The van der Waals surface area contributed by atoms with Crippen LogP contribution in [0, 0.1) is 13.8 Å². The Balaban J connectivity index is 2.13. The van der Waals surface area contributed by atoms with E-state index in [0.717, 1.165) is 22.8 Å². The molecule has 0 aliphatic heterocycles. The average molecular weight is 377 g/mol. The number of rotatable bonds is 7. The molecule has 0 aromatic carbocycles. The minimum Gasteiger partial charge on any atom is -0.383 e. The fourth-order valence-corrected chi connectivity index (χ4v) is 3.12. The molecule has 0 saturated heterocycles. The van der Waals surface area contributed by atoms with Crippen LogP contribution in [0.25, 0.3) is 5.82 Å². The molecule has 7 nitrogen and oxygen atoms in total. The molecule has 2 N–H and O–H groups in total. The van der Waals surface area contributed by atoms with Crippen LogP contribution in [0.5, 0.6) is 0 Å². The van der Waals surface area contributed by atoms with E-state index in [4.69, 9.17) is 17.0 Å². The number of methoxy groups -OCH3 is 1. The van der Waals surface area contributed by atoms with E-state index < -0.39 is 0 Å². The Morgan fingerprint density at radius 1 is 1.38 bits per heavy atom. The summed E-state index contributed by atoms with van der Waals surface area (Å²) in [7, 11) is 1.66. The predicted octanol–water partition coefficient (Wildman–Crippen LogP) is 2.70. The van der Waals surface area contributed by atoms with E-state index in [1.807, 2.05) is 23.9 Å². The molecule has 0 bridgehead atoms. The molecule has 2 aromatic rings. The summed E-state index contributed by atoms with van der Waals surface area (Å²) in [5, 5.41) is 12.3. The first-order valence-corrected chi connectivity index (χ1v) is 9.07. The topological polar surface area (TPSA) is 68.4 Å². The maximum Gasteiger partial charge on any atom is 0.187 e. The summed E-state index contributed by atoms with van der Waals surface area (Å²) < 4.78 is 9.27. The number of nitrogens with one attached hydrogen (secondary N) is 2. The molecule has 0 radical (unpaired) electrons. The quantitative estimate of drug-likeness (QED) is 0.442. The van der Waals surface area contributed by atoms with E-state index in [-0.39, 0.29) is 12.1 Å². The number of hydrazone groups is 1. The van der Waals surface area contributed by atoms with Crippen molar-refractivity contribution in [2.75, 3.05) is 13.7 Å². The van der Waals surface area contributed by atoms with Gasteiger partial charge in [0.2, 0.25) is 0 Å². The zero-order chi connectivity index (χ0) is 19.3. The molecule has 2 rings (SSSR count). The first kappa shape index (κ1) is 20.1. The molecule has 8 heteroatoms. The molecular formula is C18H28N6OS. The lowest BCUT2D eigenvalue weighted by Gasteiger charge is -2.15. The molecule has 1 atom stereocenters. The van der Waals surface area contributed by atoms with Crippen molar-refractivity contribution in [2.24, 2.45) is 5.10 Å². The van der Waals surface area contributed by atoms with Crippen LogP contribution in [0.3, 0.4) is 0 Å². The molecule has 0 saturated carbocycles. The lowest BCUT2D eigenvalue weighted by molar-refractivity contribution is 0.179. The van der Waals surface area contributed by atoms with Gasteiger partial charge >= 0.3 is 0 Å². The van der Waals surface area contributed by atoms with Gasteiger partial charge in [-0.1, -0.05) is 0 Å². The highest BCUT2D eigenvalue weighted by Gasteiger charge is 2.14. The fraction of sp³-hybridized carbons (Fsp3) is 0.500. The van der Waals surface area contributed by atoms with Crippen LogP contribution in [-0.4, -0.2) is 45.4 Å². The SMILES string of the molecule is COC[C@@H](C)NC(=S)N/N=C\c1cc(C)n(-c2ccnn2C(C)C)c1C. The van der Waals surface area contributed by atoms with Gasteiger partial charge in [0, 0.05) is 42.2 Å². The van der Waals surface area contributed by atoms with E-state index in [9.17, 15) is 0 Å². The second kappa shape index (κ2) is 8.95. The molecule has 0 aliphatic rings. The van der Waals surface area contributed by atoms with Crippen LogP contribution in [0.15, 0.2) is 23.4 Å². The molecule has 0 amide bonds. The third-order valence-electron chi connectivity index (χ3n) is 4.00. The standard InChI is InChI=1S/C18H28N6OS/c1-12(2)24-17(7-8-20-24)23-14(4)9-16(15(23)5)10-19-22-18(26)21-13(3)11-25-6/h7-10,12-13H,11H2,1-6H3,(H2,21,22,26)/b19-10-/t13-/m1/s1. The van der Waals surface area contributed by atoms with Crippen LogP contribution >= 0.6 is 12.2 Å². The predicted molar refractivity (Wildman–Crippen MR) is 109 cm³/mol. The number of hydrogen-bond donors (Lipinski definition) is 2. The molecule has 142 valence electrons. The molecule has 0 fully saturated rings. The number of aryl methyl sites for hydroxylation is 1.